The van der Waals surface area contributed by atoms with Crippen molar-refractivity contribution in [2.24, 2.45) is 0 Å². The summed E-state index contributed by atoms with van der Waals surface area (Å²) in [6.45, 7) is 2.62. The van der Waals surface area contributed by atoms with E-state index in [2.05, 4.69) is 9.97 Å². The van der Waals surface area contributed by atoms with Crippen LogP contribution in [0.3, 0.4) is 0 Å². The van der Waals surface area contributed by atoms with Crippen molar-refractivity contribution in [2.45, 2.75) is 6.92 Å². The molecule has 4 rings (SSSR count). The van der Waals surface area contributed by atoms with Crippen LogP contribution in [0.4, 0.5) is 0 Å². The second kappa shape index (κ2) is 6.68. The Kier molecular flexibility index (Phi) is 4.22. The molecule has 0 saturated carbocycles. The third kappa shape index (κ3) is 2.76. The van der Waals surface area contributed by atoms with E-state index < -0.39 is 0 Å². The molecule has 4 heterocycles. The Bertz CT molecular complexity index is 1070. The van der Waals surface area contributed by atoms with E-state index in [1.807, 2.05) is 54.2 Å². The van der Waals surface area contributed by atoms with E-state index in [-0.39, 0.29) is 5.91 Å². The Morgan fingerprint density at radius 2 is 2.15 bits per heavy atom. The Hall–Kier alpha value is -3.06. The number of nitrogens with zero attached hydrogens (tertiary/aromatic N) is 5. The van der Waals surface area contributed by atoms with E-state index in [0.29, 0.717) is 12.1 Å². The molecule has 130 valence electrons. The van der Waals surface area contributed by atoms with Crippen molar-refractivity contribution in [3.8, 4) is 22.1 Å². The molecule has 0 spiro atoms. The van der Waals surface area contributed by atoms with Crippen molar-refractivity contribution in [3.05, 3.63) is 60.0 Å². The highest BCUT2D eigenvalue weighted by atomic mass is 32.1. The van der Waals surface area contributed by atoms with Crippen LogP contribution in [0.2, 0.25) is 0 Å². The molecule has 4 aromatic rings. The van der Waals surface area contributed by atoms with Crippen LogP contribution >= 0.6 is 11.3 Å². The van der Waals surface area contributed by atoms with Crippen LogP contribution in [0.15, 0.2) is 54.4 Å². The first-order valence-electron chi connectivity index (χ1n) is 8.27. The Morgan fingerprint density at radius 3 is 2.92 bits per heavy atom. The summed E-state index contributed by atoms with van der Waals surface area (Å²) >= 11 is 1.51. The number of carbonyl (C=O) groups is 1. The number of amides is 1. The molecule has 0 aliphatic rings. The van der Waals surface area contributed by atoms with Gasteiger partial charge in [-0.15, -0.1) is 11.3 Å². The minimum absolute atomic E-state index is 0.00632. The number of hydrogen-bond acceptors (Lipinski definition) is 5. The summed E-state index contributed by atoms with van der Waals surface area (Å²) in [5.74, 6) is 0.00632. The second-order valence-corrected chi connectivity index (χ2v) is 6.71. The Balaban J connectivity index is 1.83. The van der Waals surface area contributed by atoms with Gasteiger partial charge in [0.15, 0.2) is 0 Å². The predicted molar refractivity (Wildman–Crippen MR) is 102 cm³/mol. The molecule has 6 nitrogen and oxygen atoms in total. The van der Waals surface area contributed by atoms with E-state index >= 15 is 0 Å². The fourth-order valence-corrected chi connectivity index (χ4v) is 3.56. The van der Waals surface area contributed by atoms with Crippen LogP contribution in [0.25, 0.3) is 27.6 Å². The zero-order chi connectivity index (χ0) is 18.1. The monoisotopic (exact) mass is 363 g/mol. The summed E-state index contributed by atoms with van der Waals surface area (Å²) in [4.78, 5) is 27.6. The number of rotatable bonds is 4. The van der Waals surface area contributed by atoms with E-state index in [9.17, 15) is 4.79 Å². The molecular formula is C19H17N5OS. The van der Waals surface area contributed by atoms with Gasteiger partial charge < -0.3 is 9.30 Å². The standard InChI is InChI=1S/C19H17N5OS/c1-3-23(2)19(25)13-10-17(24-9-5-4-6-16(13)24)15-12-26-18(22-15)14-11-20-7-8-21-14/h4-12H,3H2,1-2H3. The normalized spacial score (nSPS) is 11.0. The lowest BCUT2D eigenvalue weighted by Gasteiger charge is -2.13. The van der Waals surface area contributed by atoms with Crippen molar-refractivity contribution in [1.82, 2.24) is 24.3 Å². The van der Waals surface area contributed by atoms with Crippen molar-refractivity contribution < 1.29 is 4.79 Å². The lowest BCUT2D eigenvalue weighted by Crippen LogP contribution is -2.25. The van der Waals surface area contributed by atoms with E-state index in [4.69, 9.17) is 4.98 Å². The van der Waals surface area contributed by atoms with Crippen LogP contribution in [-0.2, 0) is 0 Å². The molecule has 7 heteroatoms. The maximum atomic E-state index is 12.7. The first-order chi connectivity index (χ1) is 12.7. The van der Waals surface area contributed by atoms with Gasteiger partial charge in [-0.2, -0.15) is 0 Å². The van der Waals surface area contributed by atoms with Gasteiger partial charge in [0.25, 0.3) is 5.91 Å². The van der Waals surface area contributed by atoms with Gasteiger partial charge >= 0.3 is 0 Å². The lowest BCUT2D eigenvalue weighted by atomic mass is 10.2. The van der Waals surface area contributed by atoms with Crippen molar-refractivity contribution in [3.63, 3.8) is 0 Å². The Labute approximate surface area is 154 Å². The maximum Gasteiger partial charge on any atom is 0.255 e. The third-order valence-corrected chi connectivity index (χ3v) is 5.14. The summed E-state index contributed by atoms with van der Waals surface area (Å²) < 4.78 is 2.01. The van der Waals surface area contributed by atoms with Crippen molar-refractivity contribution in [2.75, 3.05) is 13.6 Å². The summed E-state index contributed by atoms with van der Waals surface area (Å²) in [6, 6.07) is 7.76. The first kappa shape index (κ1) is 16.4. The second-order valence-electron chi connectivity index (χ2n) is 5.85. The Morgan fingerprint density at radius 1 is 1.27 bits per heavy atom. The molecule has 0 aromatic carbocycles. The van der Waals surface area contributed by atoms with E-state index in [1.54, 1.807) is 23.5 Å². The molecule has 0 saturated heterocycles. The number of pyridine rings is 1. The molecule has 0 unspecified atom stereocenters. The smallest absolute Gasteiger partial charge is 0.255 e. The summed E-state index contributed by atoms with van der Waals surface area (Å²) in [6.07, 6.45) is 6.94. The molecule has 0 atom stereocenters. The highest BCUT2D eigenvalue weighted by molar-refractivity contribution is 7.13. The zero-order valence-electron chi connectivity index (χ0n) is 14.5. The van der Waals surface area contributed by atoms with Gasteiger partial charge in [-0.3, -0.25) is 14.8 Å². The number of hydrogen-bond donors (Lipinski definition) is 0. The van der Waals surface area contributed by atoms with Crippen molar-refractivity contribution >= 4 is 22.8 Å². The number of aromatic nitrogens is 4. The quantitative estimate of drug-likeness (QED) is 0.556. The van der Waals surface area contributed by atoms with E-state index in [1.165, 1.54) is 11.3 Å². The van der Waals surface area contributed by atoms with Gasteiger partial charge in [-0.05, 0) is 25.1 Å². The summed E-state index contributed by atoms with van der Waals surface area (Å²) in [5, 5.41) is 2.79. The summed E-state index contributed by atoms with van der Waals surface area (Å²) in [5.41, 5.74) is 4.00. The molecule has 26 heavy (non-hydrogen) atoms. The van der Waals surface area contributed by atoms with Crippen LogP contribution < -0.4 is 0 Å². The van der Waals surface area contributed by atoms with Gasteiger partial charge in [0.1, 0.15) is 10.7 Å². The number of thiazole rings is 1. The minimum atomic E-state index is 0.00632. The van der Waals surface area contributed by atoms with Crippen LogP contribution in [-0.4, -0.2) is 43.8 Å². The molecule has 0 radical (unpaired) electrons. The number of carbonyl (C=O) groups excluding carboxylic acids is 1. The molecular weight excluding hydrogens is 346 g/mol. The molecule has 0 aliphatic heterocycles. The average molecular weight is 363 g/mol. The average Bonchev–Trinajstić information content (AvgIpc) is 3.32. The minimum Gasteiger partial charge on any atom is -0.342 e. The van der Waals surface area contributed by atoms with Crippen LogP contribution in [0.1, 0.15) is 17.3 Å². The summed E-state index contributed by atoms with van der Waals surface area (Å²) in [7, 11) is 1.81. The van der Waals surface area contributed by atoms with Gasteiger partial charge in [-0.1, -0.05) is 6.07 Å². The SMILES string of the molecule is CCN(C)C(=O)c1cc(-c2csc(-c3cnccn3)n2)n2ccccc12. The fraction of sp³-hybridized carbons (Fsp3) is 0.158. The first-order valence-corrected chi connectivity index (χ1v) is 9.15. The molecule has 0 N–H and O–H groups in total. The third-order valence-electron chi connectivity index (χ3n) is 4.28. The lowest BCUT2D eigenvalue weighted by molar-refractivity contribution is 0.0804. The van der Waals surface area contributed by atoms with E-state index in [0.717, 1.165) is 27.6 Å². The maximum absolute atomic E-state index is 12.7. The predicted octanol–water partition coefficient (Wildman–Crippen LogP) is 3.61. The van der Waals surface area contributed by atoms with Gasteiger partial charge in [-0.25, -0.2) is 4.98 Å². The van der Waals surface area contributed by atoms with Crippen LogP contribution in [0, 0.1) is 0 Å². The molecule has 4 aromatic heterocycles. The molecule has 1 amide bonds. The molecule has 0 fully saturated rings. The van der Waals surface area contributed by atoms with Gasteiger partial charge in [0.2, 0.25) is 0 Å². The van der Waals surface area contributed by atoms with Gasteiger partial charge in [0.05, 0.1) is 28.7 Å². The van der Waals surface area contributed by atoms with Crippen LogP contribution in [0.5, 0.6) is 0 Å². The zero-order valence-corrected chi connectivity index (χ0v) is 15.3. The van der Waals surface area contributed by atoms with Gasteiger partial charge in [0, 0.05) is 37.6 Å². The fourth-order valence-electron chi connectivity index (χ4n) is 2.79. The highest BCUT2D eigenvalue weighted by Gasteiger charge is 2.20. The topological polar surface area (TPSA) is 63.4 Å². The number of fused-ring (bicyclic) bond motifs is 1. The molecule has 0 aliphatic carbocycles. The highest BCUT2D eigenvalue weighted by Crippen LogP contribution is 2.30. The van der Waals surface area contributed by atoms with Crippen molar-refractivity contribution in [1.29, 1.82) is 0 Å². The largest absolute Gasteiger partial charge is 0.342 e. The molecule has 0 bridgehead atoms.